The highest BCUT2D eigenvalue weighted by atomic mass is 16.2. The molecule has 3 aromatic carbocycles. The zero-order chi connectivity index (χ0) is 26.5. The van der Waals surface area contributed by atoms with Crippen LogP contribution in [-0.4, -0.2) is 27.0 Å². The molecule has 37 heavy (non-hydrogen) atoms. The molecule has 0 saturated heterocycles. The lowest BCUT2D eigenvalue weighted by atomic mass is 10.1. The van der Waals surface area contributed by atoms with Gasteiger partial charge in [-0.3, -0.25) is 19.0 Å². The summed E-state index contributed by atoms with van der Waals surface area (Å²) >= 11 is 0. The van der Waals surface area contributed by atoms with E-state index >= 15 is 0 Å². The predicted molar refractivity (Wildman–Crippen MR) is 145 cm³/mol. The van der Waals surface area contributed by atoms with Crippen molar-refractivity contribution in [3.8, 4) is 5.69 Å². The predicted octanol–water partition coefficient (Wildman–Crippen LogP) is 3.42. The molecule has 0 aliphatic rings. The number of hydrogen-bond donors (Lipinski definition) is 2. The summed E-state index contributed by atoms with van der Waals surface area (Å²) in [6.07, 6.45) is 0.939. The van der Waals surface area contributed by atoms with Gasteiger partial charge >= 0.3 is 5.69 Å². The molecule has 0 saturated carbocycles. The minimum absolute atomic E-state index is 0.0362. The number of hydrogen-bond acceptors (Lipinski definition) is 4. The highest BCUT2D eigenvalue weighted by Gasteiger charge is 2.17. The van der Waals surface area contributed by atoms with Gasteiger partial charge in [0.15, 0.2) is 0 Å². The molecule has 0 atom stereocenters. The van der Waals surface area contributed by atoms with Crippen LogP contribution < -0.4 is 21.9 Å². The Hall–Kier alpha value is -4.46. The molecule has 1 heterocycles. The quantitative estimate of drug-likeness (QED) is 0.389. The molecule has 8 heteroatoms. The second-order valence-electron chi connectivity index (χ2n) is 9.15. The Morgan fingerprint density at radius 3 is 2.24 bits per heavy atom. The summed E-state index contributed by atoms with van der Waals surface area (Å²) in [7, 11) is 0. The molecule has 0 bridgehead atoms. The SMILES string of the molecule is CCc1ccccc1NC(=O)Cn1c(=O)n(-c2ccc(CC(=O)NC(C)C)cc2)c(=O)c2ccccc21. The van der Waals surface area contributed by atoms with Gasteiger partial charge < -0.3 is 10.6 Å². The smallest absolute Gasteiger partial charge is 0.336 e. The van der Waals surface area contributed by atoms with Crippen molar-refractivity contribution in [3.63, 3.8) is 0 Å². The fourth-order valence-electron chi connectivity index (χ4n) is 4.31. The van der Waals surface area contributed by atoms with Crippen molar-refractivity contribution in [2.45, 2.75) is 46.2 Å². The molecular formula is C29H30N4O4. The molecule has 190 valence electrons. The van der Waals surface area contributed by atoms with Crippen LogP contribution in [-0.2, 0) is 29.0 Å². The van der Waals surface area contributed by atoms with E-state index in [9.17, 15) is 19.2 Å². The van der Waals surface area contributed by atoms with E-state index in [4.69, 9.17) is 0 Å². The summed E-state index contributed by atoms with van der Waals surface area (Å²) < 4.78 is 2.37. The normalized spacial score (nSPS) is 11.0. The van der Waals surface area contributed by atoms with Gasteiger partial charge in [0.25, 0.3) is 5.56 Å². The van der Waals surface area contributed by atoms with Gasteiger partial charge in [-0.15, -0.1) is 0 Å². The van der Waals surface area contributed by atoms with Gasteiger partial charge in [-0.05, 0) is 61.7 Å². The largest absolute Gasteiger partial charge is 0.354 e. The third-order valence-electron chi connectivity index (χ3n) is 6.03. The number of carbonyl (C=O) groups is 2. The molecule has 8 nitrogen and oxygen atoms in total. The molecule has 2 amide bonds. The molecule has 0 aliphatic carbocycles. The maximum Gasteiger partial charge on any atom is 0.336 e. The Morgan fingerprint density at radius 2 is 1.54 bits per heavy atom. The lowest BCUT2D eigenvalue weighted by Crippen LogP contribution is -2.40. The van der Waals surface area contributed by atoms with Crippen molar-refractivity contribution < 1.29 is 9.59 Å². The third-order valence-corrected chi connectivity index (χ3v) is 6.03. The van der Waals surface area contributed by atoms with E-state index in [-0.39, 0.29) is 30.8 Å². The van der Waals surface area contributed by atoms with E-state index in [1.54, 1.807) is 48.5 Å². The first-order chi connectivity index (χ1) is 17.8. The second-order valence-corrected chi connectivity index (χ2v) is 9.15. The van der Waals surface area contributed by atoms with Crippen LogP contribution in [0.1, 0.15) is 31.9 Å². The number of para-hydroxylation sites is 2. The molecular weight excluding hydrogens is 468 g/mol. The van der Waals surface area contributed by atoms with Crippen LogP contribution in [0.15, 0.2) is 82.4 Å². The van der Waals surface area contributed by atoms with E-state index in [0.717, 1.165) is 22.1 Å². The number of fused-ring (bicyclic) bond motifs is 1. The molecule has 1 aromatic heterocycles. The first kappa shape index (κ1) is 25.6. The average Bonchev–Trinajstić information content (AvgIpc) is 2.87. The number of aromatic nitrogens is 2. The summed E-state index contributed by atoms with van der Waals surface area (Å²) in [5.74, 6) is -0.478. The number of nitrogens with zero attached hydrogens (tertiary/aromatic N) is 2. The van der Waals surface area contributed by atoms with Crippen molar-refractivity contribution in [2.75, 3.05) is 5.32 Å². The number of benzene rings is 3. The van der Waals surface area contributed by atoms with E-state index in [2.05, 4.69) is 10.6 Å². The van der Waals surface area contributed by atoms with Crippen LogP contribution in [0.2, 0.25) is 0 Å². The summed E-state index contributed by atoms with van der Waals surface area (Å²) in [6, 6.07) is 21.0. The summed E-state index contributed by atoms with van der Waals surface area (Å²) in [5.41, 5.74) is 2.09. The minimum Gasteiger partial charge on any atom is -0.354 e. The third kappa shape index (κ3) is 5.69. The van der Waals surface area contributed by atoms with E-state index in [1.807, 2.05) is 45.0 Å². The Balaban J connectivity index is 1.71. The maximum absolute atomic E-state index is 13.6. The maximum atomic E-state index is 13.6. The van der Waals surface area contributed by atoms with Crippen molar-refractivity contribution in [1.82, 2.24) is 14.5 Å². The Morgan fingerprint density at radius 1 is 0.865 bits per heavy atom. The van der Waals surface area contributed by atoms with Gasteiger partial charge in [-0.25, -0.2) is 9.36 Å². The number of amides is 2. The highest BCUT2D eigenvalue weighted by molar-refractivity contribution is 5.92. The van der Waals surface area contributed by atoms with Gasteiger partial charge in [0, 0.05) is 11.7 Å². The highest BCUT2D eigenvalue weighted by Crippen LogP contribution is 2.16. The van der Waals surface area contributed by atoms with E-state index < -0.39 is 11.2 Å². The van der Waals surface area contributed by atoms with Crippen LogP contribution in [0.3, 0.4) is 0 Å². The fourth-order valence-corrected chi connectivity index (χ4v) is 4.31. The second kappa shape index (κ2) is 11.1. The Labute approximate surface area is 214 Å². The molecule has 0 spiro atoms. The number of rotatable bonds is 8. The van der Waals surface area contributed by atoms with Gasteiger partial charge in [0.05, 0.1) is 23.0 Å². The molecule has 2 N–H and O–H groups in total. The lowest BCUT2D eigenvalue weighted by Gasteiger charge is -2.15. The number of anilines is 1. The zero-order valence-electron chi connectivity index (χ0n) is 21.2. The minimum atomic E-state index is -0.618. The number of carbonyl (C=O) groups excluding carboxylic acids is 2. The summed E-state index contributed by atoms with van der Waals surface area (Å²) in [6.45, 7) is 5.52. The summed E-state index contributed by atoms with van der Waals surface area (Å²) in [5, 5.41) is 6.05. The van der Waals surface area contributed by atoms with Crippen molar-refractivity contribution in [3.05, 3.63) is 105 Å². The molecule has 0 unspecified atom stereocenters. The van der Waals surface area contributed by atoms with Gasteiger partial charge in [0.1, 0.15) is 6.54 Å². The van der Waals surface area contributed by atoms with Crippen LogP contribution >= 0.6 is 0 Å². The van der Waals surface area contributed by atoms with Crippen LogP contribution in [0.5, 0.6) is 0 Å². The van der Waals surface area contributed by atoms with Crippen molar-refractivity contribution in [1.29, 1.82) is 0 Å². The fraction of sp³-hybridized carbons (Fsp3) is 0.241. The number of aryl methyl sites for hydroxylation is 1. The van der Waals surface area contributed by atoms with Gasteiger partial charge in [0.2, 0.25) is 11.8 Å². The lowest BCUT2D eigenvalue weighted by molar-refractivity contribution is -0.121. The van der Waals surface area contributed by atoms with Crippen LogP contribution in [0.25, 0.3) is 16.6 Å². The zero-order valence-corrected chi connectivity index (χ0v) is 21.2. The molecule has 0 radical (unpaired) electrons. The summed E-state index contributed by atoms with van der Waals surface area (Å²) in [4.78, 5) is 52.0. The monoisotopic (exact) mass is 498 g/mol. The Kier molecular flexibility index (Phi) is 7.67. The van der Waals surface area contributed by atoms with E-state index in [0.29, 0.717) is 22.3 Å². The molecule has 0 aliphatic heterocycles. The molecule has 0 fully saturated rings. The molecule has 4 rings (SSSR count). The molecule has 4 aromatic rings. The van der Waals surface area contributed by atoms with Gasteiger partial charge in [-0.1, -0.05) is 49.4 Å². The number of nitrogens with one attached hydrogen (secondary N) is 2. The average molecular weight is 499 g/mol. The topological polar surface area (TPSA) is 102 Å². The van der Waals surface area contributed by atoms with Gasteiger partial charge in [-0.2, -0.15) is 0 Å². The van der Waals surface area contributed by atoms with Crippen LogP contribution in [0.4, 0.5) is 5.69 Å². The van der Waals surface area contributed by atoms with E-state index in [1.165, 1.54) is 4.57 Å². The Bertz CT molecular complexity index is 1570. The van der Waals surface area contributed by atoms with Crippen molar-refractivity contribution >= 4 is 28.4 Å². The first-order valence-corrected chi connectivity index (χ1v) is 12.3. The standard InChI is InChI=1S/C29H30N4O4/c1-4-21-9-5-7-11-24(21)31-27(35)18-32-25-12-8-6-10-23(25)28(36)33(29(32)37)22-15-13-20(14-16-22)17-26(34)30-19(2)3/h5-16,19H,4,17-18H2,1-3H3,(H,30,34)(H,31,35). The van der Waals surface area contributed by atoms with Crippen LogP contribution in [0, 0.1) is 0 Å². The van der Waals surface area contributed by atoms with Crippen molar-refractivity contribution in [2.24, 2.45) is 0 Å². The first-order valence-electron chi connectivity index (χ1n) is 12.3.